The highest BCUT2D eigenvalue weighted by Crippen LogP contribution is 2.35. The molecule has 0 unspecified atom stereocenters. The van der Waals surface area contributed by atoms with E-state index < -0.39 is 5.54 Å². The lowest BCUT2D eigenvalue weighted by Gasteiger charge is -2.42. The smallest absolute Gasteiger partial charge is 0.325 e. The van der Waals surface area contributed by atoms with E-state index in [0.29, 0.717) is 56.4 Å². The normalized spacial score (nSPS) is 20.9. The predicted octanol–water partition coefficient (Wildman–Crippen LogP) is 2.00. The Hall–Kier alpha value is -2.70. The van der Waals surface area contributed by atoms with Crippen LogP contribution in [0.3, 0.4) is 0 Å². The zero-order valence-corrected chi connectivity index (χ0v) is 16.3. The minimum atomic E-state index is -0.854. The average Bonchev–Trinajstić information content (AvgIpc) is 3.15. The Morgan fingerprint density at radius 2 is 1.86 bits per heavy atom. The molecule has 28 heavy (non-hydrogen) atoms. The van der Waals surface area contributed by atoms with Gasteiger partial charge in [-0.05, 0) is 36.8 Å². The molecule has 0 saturated carbocycles. The van der Waals surface area contributed by atoms with Gasteiger partial charge in [0.15, 0.2) is 5.78 Å². The van der Waals surface area contributed by atoms with Crippen molar-refractivity contribution < 1.29 is 19.2 Å². The molecule has 0 bridgehead atoms. The summed E-state index contributed by atoms with van der Waals surface area (Å²) in [4.78, 5) is 53.3. The monoisotopic (exact) mass is 383 g/mol. The third kappa shape index (κ3) is 2.80. The summed E-state index contributed by atoms with van der Waals surface area (Å²) in [5, 5.41) is 2.45. The van der Waals surface area contributed by atoms with Gasteiger partial charge in [0.05, 0.1) is 0 Å². The van der Waals surface area contributed by atoms with E-state index in [2.05, 4.69) is 5.32 Å². The first kappa shape index (κ1) is 18.7. The van der Waals surface area contributed by atoms with E-state index >= 15 is 0 Å². The van der Waals surface area contributed by atoms with Gasteiger partial charge in [-0.2, -0.15) is 0 Å². The number of benzene rings is 1. The minimum Gasteiger partial charge on any atom is -0.338 e. The molecule has 3 aliphatic rings. The van der Waals surface area contributed by atoms with Gasteiger partial charge in [0.1, 0.15) is 5.54 Å². The second-order valence-corrected chi connectivity index (χ2v) is 8.34. The van der Waals surface area contributed by atoms with Gasteiger partial charge in [0, 0.05) is 37.2 Å². The third-order valence-electron chi connectivity index (χ3n) is 6.14. The maximum Gasteiger partial charge on any atom is 0.325 e. The first-order chi connectivity index (χ1) is 13.3. The summed E-state index contributed by atoms with van der Waals surface area (Å²) >= 11 is 0. The van der Waals surface area contributed by atoms with Gasteiger partial charge in [-0.3, -0.25) is 19.7 Å². The summed E-state index contributed by atoms with van der Waals surface area (Å²) in [6.45, 7) is 5.36. The first-order valence-electron chi connectivity index (χ1n) is 9.91. The van der Waals surface area contributed by atoms with Gasteiger partial charge >= 0.3 is 6.03 Å². The van der Waals surface area contributed by atoms with E-state index in [9.17, 15) is 19.2 Å². The number of piperidine rings is 1. The molecule has 7 nitrogen and oxygen atoms in total. The van der Waals surface area contributed by atoms with Gasteiger partial charge in [-0.15, -0.1) is 0 Å². The fraction of sp³-hybridized carbons (Fsp3) is 0.524. The first-order valence-corrected chi connectivity index (χ1v) is 9.91. The van der Waals surface area contributed by atoms with E-state index in [1.165, 1.54) is 0 Å². The lowest BCUT2D eigenvalue weighted by molar-refractivity contribution is -0.129. The van der Waals surface area contributed by atoms with Crippen LogP contribution in [-0.4, -0.2) is 58.6 Å². The van der Waals surface area contributed by atoms with Crippen molar-refractivity contribution in [1.29, 1.82) is 0 Å². The molecule has 0 atom stereocenters. The molecular formula is C21H25N3O4. The third-order valence-corrected chi connectivity index (χ3v) is 6.14. The highest BCUT2D eigenvalue weighted by Gasteiger charge is 2.54. The van der Waals surface area contributed by atoms with E-state index in [1.807, 2.05) is 13.8 Å². The largest absolute Gasteiger partial charge is 0.338 e. The Morgan fingerprint density at radius 3 is 2.54 bits per heavy atom. The second kappa shape index (κ2) is 6.72. The van der Waals surface area contributed by atoms with Gasteiger partial charge < -0.3 is 9.80 Å². The molecule has 1 aliphatic carbocycles. The number of fused-ring (bicyclic) bond motifs is 1. The number of carbonyl (C=O) groups excluding carboxylic acids is 4. The molecule has 2 fully saturated rings. The Labute approximate surface area is 164 Å². The maximum atomic E-state index is 13.1. The number of imide groups is 1. The van der Waals surface area contributed by atoms with E-state index in [1.54, 1.807) is 28.0 Å². The lowest BCUT2D eigenvalue weighted by Crippen LogP contribution is -2.58. The molecule has 1 N–H and O–H groups in total. The Kier molecular flexibility index (Phi) is 4.48. The topological polar surface area (TPSA) is 86.8 Å². The summed E-state index contributed by atoms with van der Waals surface area (Å²) in [6, 6.07) is 4.98. The standard InChI is InChI=1S/C21H25N3O4/c1-13(2)12-24-20(28)22-19(27)21(24)8-10-23(11-9-21)18(26)16-5-3-4-15-14(16)6-7-17(15)25/h3-5,13H,6-12H2,1-2H3,(H,22,27,28). The van der Waals surface area contributed by atoms with Crippen LogP contribution in [0.4, 0.5) is 4.79 Å². The number of likely N-dealkylation sites (tertiary alicyclic amines) is 1. The van der Waals surface area contributed by atoms with Crippen LogP contribution in [0, 0.1) is 5.92 Å². The van der Waals surface area contributed by atoms with Gasteiger partial charge in [-0.1, -0.05) is 26.0 Å². The minimum absolute atomic E-state index is 0.0905. The van der Waals surface area contributed by atoms with Gasteiger partial charge in [0.25, 0.3) is 11.8 Å². The Bertz CT molecular complexity index is 868. The summed E-state index contributed by atoms with van der Waals surface area (Å²) in [5.41, 5.74) is 1.23. The molecule has 4 rings (SSSR count). The highest BCUT2D eigenvalue weighted by atomic mass is 16.2. The lowest BCUT2D eigenvalue weighted by atomic mass is 9.85. The molecule has 0 radical (unpaired) electrons. The summed E-state index contributed by atoms with van der Waals surface area (Å²) in [7, 11) is 0. The molecule has 148 valence electrons. The highest BCUT2D eigenvalue weighted by molar-refractivity contribution is 6.08. The van der Waals surface area contributed by atoms with Crippen LogP contribution < -0.4 is 5.32 Å². The maximum absolute atomic E-state index is 13.1. The van der Waals surface area contributed by atoms with Crippen LogP contribution in [0.1, 0.15) is 59.4 Å². The average molecular weight is 383 g/mol. The van der Waals surface area contributed by atoms with Crippen LogP contribution in [-0.2, 0) is 11.2 Å². The molecule has 0 aromatic heterocycles. The molecule has 2 saturated heterocycles. The van der Waals surface area contributed by atoms with E-state index in [-0.39, 0.29) is 29.5 Å². The van der Waals surface area contributed by atoms with Crippen LogP contribution in [0.15, 0.2) is 18.2 Å². The molecule has 1 aromatic rings. The number of hydrogen-bond acceptors (Lipinski definition) is 4. The number of ketones is 1. The zero-order valence-electron chi connectivity index (χ0n) is 16.3. The molecular weight excluding hydrogens is 358 g/mol. The number of carbonyl (C=O) groups is 4. The molecule has 1 spiro atoms. The molecule has 2 heterocycles. The van der Waals surface area contributed by atoms with Gasteiger partial charge in [0.2, 0.25) is 0 Å². The van der Waals surface area contributed by atoms with Crippen molar-refractivity contribution in [2.24, 2.45) is 5.92 Å². The molecule has 4 amide bonds. The second-order valence-electron chi connectivity index (χ2n) is 8.34. The van der Waals surface area contributed by atoms with Crippen LogP contribution >= 0.6 is 0 Å². The van der Waals surface area contributed by atoms with Crippen molar-refractivity contribution in [2.45, 2.75) is 45.1 Å². The van der Waals surface area contributed by atoms with Crippen LogP contribution in [0.2, 0.25) is 0 Å². The number of hydrogen-bond donors (Lipinski definition) is 1. The van der Waals surface area contributed by atoms with Gasteiger partial charge in [-0.25, -0.2) is 4.79 Å². The van der Waals surface area contributed by atoms with Crippen LogP contribution in [0.5, 0.6) is 0 Å². The SMILES string of the molecule is CC(C)CN1C(=O)NC(=O)C12CCN(C(=O)c1cccc3c1CCC3=O)CC2. The van der Waals surface area contributed by atoms with Crippen molar-refractivity contribution in [3.63, 3.8) is 0 Å². The number of rotatable bonds is 3. The summed E-state index contributed by atoms with van der Waals surface area (Å²) < 4.78 is 0. The molecule has 7 heteroatoms. The zero-order chi connectivity index (χ0) is 20.1. The van der Waals surface area contributed by atoms with Crippen molar-refractivity contribution in [2.75, 3.05) is 19.6 Å². The quantitative estimate of drug-likeness (QED) is 0.809. The van der Waals surface area contributed by atoms with E-state index in [4.69, 9.17) is 0 Å². The Balaban J connectivity index is 1.53. The number of urea groups is 1. The van der Waals surface area contributed by atoms with Crippen molar-refractivity contribution in [3.8, 4) is 0 Å². The fourth-order valence-electron chi connectivity index (χ4n) is 4.66. The predicted molar refractivity (Wildman–Crippen MR) is 102 cm³/mol. The number of Topliss-reactive ketones (excluding diaryl/α,β-unsaturated/α-hetero) is 1. The number of amides is 4. The molecule has 1 aromatic carbocycles. The Morgan fingerprint density at radius 1 is 1.14 bits per heavy atom. The van der Waals surface area contributed by atoms with Crippen molar-refractivity contribution in [1.82, 2.24) is 15.1 Å². The fourth-order valence-corrected chi connectivity index (χ4v) is 4.66. The van der Waals surface area contributed by atoms with E-state index in [0.717, 1.165) is 5.56 Å². The summed E-state index contributed by atoms with van der Waals surface area (Å²) in [5.74, 6) is -0.0108. The van der Waals surface area contributed by atoms with Crippen molar-refractivity contribution >= 4 is 23.6 Å². The summed E-state index contributed by atoms with van der Waals surface area (Å²) in [6.07, 6.45) is 1.91. The van der Waals surface area contributed by atoms with Crippen LogP contribution in [0.25, 0.3) is 0 Å². The number of nitrogens with one attached hydrogen (secondary N) is 1. The van der Waals surface area contributed by atoms with Crippen molar-refractivity contribution in [3.05, 3.63) is 34.9 Å². The molecule has 2 aliphatic heterocycles. The number of nitrogens with zero attached hydrogens (tertiary/aromatic N) is 2.